The Morgan fingerprint density at radius 2 is 1.84 bits per heavy atom. The third-order valence-corrected chi connectivity index (χ3v) is 3.43. The molecule has 0 radical (unpaired) electrons. The Morgan fingerprint density at radius 1 is 1.05 bits per heavy atom. The van der Waals surface area contributed by atoms with Crippen LogP contribution in [0.5, 0.6) is 0 Å². The van der Waals surface area contributed by atoms with Crippen molar-refractivity contribution in [3.63, 3.8) is 0 Å². The molecule has 96 valence electrons. The predicted octanol–water partition coefficient (Wildman–Crippen LogP) is 2.23. The van der Waals surface area contributed by atoms with Gasteiger partial charge in [-0.2, -0.15) is 0 Å². The largest absolute Gasteiger partial charge is 0.326 e. The van der Waals surface area contributed by atoms with E-state index in [1.165, 1.54) is 11.1 Å². The van der Waals surface area contributed by atoms with E-state index < -0.39 is 0 Å². The Labute approximate surface area is 112 Å². The van der Waals surface area contributed by atoms with Gasteiger partial charge in [-0.1, -0.05) is 36.4 Å². The molecule has 3 heteroatoms. The van der Waals surface area contributed by atoms with Crippen molar-refractivity contribution in [1.82, 2.24) is 0 Å². The van der Waals surface area contributed by atoms with Gasteiger partial charge in [0.15, 0.2) is 0 Å². The Bertz CT molecular complexity index is 634. The van der Waals surface area contributed by atoms with Crippen LogP contribution in [-0.4, -0.2) is 5.91 Å². The quantitative estimate of drug-likeness (QED) is 0.880. The fourth-order valence-corrected chi connectivity index (χ4v) is 2.49. The number of nitrogens with two attached hydrogens (primary N) is 1. The molecule has 3 rings (SSSR count). The number of amides is 1. The van der Waals surface area contributed by atoms with Crippen LogP contribution in [0.2, 0.25) is 0 Å². The van der Waals surface area contributed by atoms with Gasteiger partial charge in [-0.3, -0.25) is 4.79 Å². The molecule has 3 N–H and O–H groups in total. The van der Waals surface area contributed by atoms with E-state index in [1.54, 1.807) is 0 Å². The van der Waals surface area contributed by atoms with Crippen molar-refractivity contribution >= 4 is 11.6 Å². The normalized spacial score (nSPS) is 13.2. The van der Waals surface area contributed by atoms with Crippen molar-refractivity contribution in [3.05, 3.63) is 64.7 Å². The Morgan fingerprint density at radius 3 is 2.68 bits per heavy atom. The van der Waals surface area contributed by atoms with E-state index in [0.29, 0.717) is 13.0 Å². The van der Waals surface area contributed by atoms with E-state index in [1.807, 2.05) is 18.2 Å². The molecular formula is C16H16N2O. The summed E-state index contributed by atoms with van der Waals surface area (Å²) in [5.41, 5.74) is 11.3. The highest BCUT2D eigenvalue weighted by atomic mass is 16.1. The average molecular weight is 252 g/mol. The molecule has 1 amide bonds. The monoisotopic (exact) mass is 252 g/mol. The maximum absolute atomic E-state index is 11.3. The molecular weight excluding hydrogens is 236 g/mol. The number of hydrogen-bond donors (Lipinski definition) is 2. The summed E-state index contributed by atoms with van der Waals surface area (Å²) in [6.45, 7) is 0.566. The van der Waals surface area contributed by atoms with Gasteiger partial charge in [0, 0.05) is 12.2 Å². The first-order valence-electron chi connectivity index (χ1n) is 6.44. The third-order valence-electron chi connectivity index (χ3n) is 3.43. The molecule has 2 aromatic carbocycles. The van der Waals surface area contributed by atoms with Crippen molar-refractivity contribution in [3.8, 4) is 0 Å². The van der Waals surface area contributed by atoms with Gasteiger partial charge in [0.2, 0.25) is 5.91 Å². The highest BCUT2D eigenvalue weighted by Gasteiger charge is 2.17. The van der Waals surface area contributed by atoms with Crippen LogP contribution < -0.4 is 11.1 Å². The number of rotatable bonds is 3. The van der Waals surface area contributed by atoms with Gasteiger partial charge in [-0.05, 0) is 34.7 Å². The van der Waals surface area contributed by atoms with Crippen molar-refractivity contribution in [2.45, 2.75) is 19.4 Å². The third kappa shape index (κ3) is 2.51. The summed E-state index contributed by atoms with van der Waals surface area (Å²) in [6.07, 6.45) is 1.36. The molecule has 0 saturated heterocycles. The van der Waals surface area contributed by atoms with Gasteiger partial charge in [-0.25, -0.2) is 0 Å². The summed E-state index contributed by atoms with van der Waals surface area (Å²) in [7, 11) is 0. The molecule has 1 heterocycles. The second-order valence-corrected chi connectivity index (χ2v) is 4.92. The molecule has 0 fully saturated rings. The maximum atomic E-state index is 11.3. The van der Waals surface area contributed by atoms with Gasteiger partial charge in [-0.15, -0.1) is 0 Å². The van der Waals surface area contributed by atoms with Crippen LogP contribution in [0, 0.1) is 0 Å². The lowest BCUT2D eigenvalue weighted by Gasteiger charge is -2.06. The first-order chi connectivity index (χ1) is 9.24. The van der Waals surface area contributed by atoms with Crippen LogP contribution in [-0.2, 0) is 24.2 Å². The lowest BCUT2D eigenvalue weighted by atomic mass is 10.0. The van der Waals surface area contributed by atoms with Crippen LogP contribution >= 0.6 is 0 Å². The van der Waals surface area contributed by atoms with E-state index in [-0.39, 0.29) is 5.91 Å². The zero-order valence-corrected chi connectivity index (χ0v) is 10.6. The van der Waals surface area contributed by atoms with Crippen molar-refractivity contribution in [2.75, 3.05) is 5.32 Å². The number of benzene rings is 2. The molecule has 0 aromatic heterocycles. The van der Waals surface area contributed by atoms with Gasteiger partial charge >= 0.3 is 0 Å². The Kier molecular flexibility index (Phi) is 3.05. The van der Waals surface area contributed by atoms with Crippen LogP contribution in [0.3, 0.4) is 0 Å². The lowest BCUT2D eigenvalue weighted by Crippen LogP contribution is -2.03. The maximum Gasteiger partial charge on any atom is 0.228 e. The summed E-state index contributed by atoms with van der Waals surface area (Å²) >= 11 is 0. The molecule has 0 aliphatic carbocycles. The molecule has 1 aliphatic heterocycles. The van der Waals surface area contributed by atoms with Gasteiger partial charge in [0.05, 0.1) is 6.42 Å². The van der Waals surface area contributed by atoms with Crippen molar-refractivity contribution in [2.24, 2.45) is 5.73 Å². The average Bonchev–Trinajstić information content (AvgIpc) is 2.78. The molecule has 0 spiro atoms. The number of fused-ring (bicyclic) bond motifs is 1. The summed E-state index contributed by atoms with van der Waals surface area (Å²) in [5.74, 6) is 0.0808. The number of nitrogens with one attached hydrogen (secondary N) is 1. The first kappa shape index (κ1) is 11.9. The minimum atomic E-state index is 0.0808. The molecule has 2 aromatic rings. The van der Waals surface area contributed by atoms with E-state index in [4.69, 9.17) is 5.73 Å². The number of anilines is 1. The zero-order chi connectivity index (χ0) is 13.2. The first-order valence-corrected chi connectivity index (χ1v) is 6.44. The van der Waals surface area contributed by atoms with Gasteiger partial charge in [0.1, 0.15) is 0 Å². The molecule has 0 unspecified atom stereocenters. The number of carbonyl (C=O) groups is 1. The predicted molar refractivity (Wildman–Crippen MR) is 75.9 cm³/mol. The molecule has 0 saturated carbocycles. The summed E-state index contributed by atoms with van der Waals surface area (Å²) in [5, 5.41) is 2.85. The minimum Gasteiger partial charge on any atom is -0.326 e. The van der Waals surface area contributed by atoms with Crippen LogP contribution in [0.1, 0.15) is 22.3 Å². The lowest BCUT2D eigenvalue weighted by molar-refractivity contribution is -0.115. The molecule has 0 atom stereocenters. The fourth-order valence-electron chi connectivity index (χ4n) is 2.49. The fraction of sp³-hybridized carbons (Fsp3) is 0.188. The second-order valence-electron chi connectivity index (χ2n) is 4.92. The van der Waals surface area contributed by atoms with E-state index in [9.17, 15) is 4.79 Å². The standard InChI is InChI=1S/C16H16N2O/c17-10-13-3-1-2-11(7-13)6-12-4-5-15-14(8-12)9-16(19)18-15/h1-5,7-8H,6,9-10,17H2,(H,18,19). The molecule has 1 aliphatic rings. The van der Waals surface area contributed by atoms with Gasteiger partial charge in [0.25, 0.3) is 0 Å². The topological polar surface area (TPSA) is 55.1 Å². The summed E-state index contributed by atoms with van der Waals surface area (Å²) < 4.78 is 0. The van der Waals surface area contributed by atoms with Gasteiger partial charge < -0.3 is 11.1 Å². The van der Waals surface area contributed by atoms with E-state index >= 15 is 0 Å². The SMILES string of the molecule is NCc1cccc(Cc2ccc3c(c2)CC(=O)N3)c1. The summed E-state index contributed by atoms with van der Waals surface area (Å²) in [6, 6.07) is 14.5. The van der Waals surface area contributed by atoms with E-state index in [0.717, 1.165) is 23.2 Å². The van der Waals surface area contributed by atoms with Crippen LogP contribution in [0.4, 0.5) is 5.69 Å². The second kappa shape index (κ2) is 4.86. The number of carbonyl (C=O) groups excluding carboxylic acids is 1. The van der Waals surface area contributed by atoms with Crippen LogP contribution in [0.15, 0.2) is 42.5 Å². The molecule has 0 bridgehead atoms. The Hall–Kier alpha value is -2.13. The smallest absolute Gasteiger partial charge is 0.228 e. The molecule has 3 nitrogen and oxygen atoms in total. The minimum absolute atomic E-state index is 0.0808. The summed E-state index contributed by atoms with van der Waals surface area (Å²) in [4.78, 5) is 11.3. The Balaban J connectivity index is 1.84. The highest BCUT2D eigenvalue weighted by molar-refractivity contribution is 5.99. The van der Waals surface area contributed by atoms with Crippen LogP contribution in [0.25, 0.3) is 0 Å². The molecule has 19 heavy (non-hydrogen) atoms. The number of hydrogen-bond acceptors (Lipinski definition) is 2. The zero-order valence-electron chi connectivity index (χ0n) is 10.6. The van der Waals surface area contributed by atoms with Crippen molar-refractivity contribution in [1.29, 1.82) is 0 Å². The van der Waals surface area contributed by atoms with E-state index in [2.05, 4.69) is 29.6 Å². The highest BCUT2D eigenvalue weighted by Crippen LogP contribution is 2.25. The van der Waals surface area contributed by atoms with Crippen molar-refractivity contribution < 1.29 is 4.79 Å².